The first kappa shape index (κ1) is 15.2. The Morgan fingerprint density at radius 3 is 2.28 bits per heavy atom. The zero-order chi connectivity index (χ0) is 13.4. The van der Waals surface area contributed by atoms with E-state index in [1.165, 1.54) is 11.1 Å². The van der Waals surface area contributed by atoms with Crippen LogP contribution in [0.2, 0.25) is 0 Å². The standard InChI is InChI=1S/C16H28N2/c1-5-15-8-6-7-9-16(15)12-18-14(4)11-17-10-13(2)3/h6-9,13-14,17-18H,5,10-12H2,1-4H3. The highest BCUT2D eigenvalue weighted by molar-refractivity contribution is 5.26. The van der Waals surface area contributed by atoms with Crippen LogP contribution in [0.25, 0.3) is 0 Å². The van der Waals surface area contributed by atoms with Gasteiger partial charge in [-0.2, -0.15) is 0 Å². The fourth-order valence-corrected chi connectivity index (χ4v) is 2.02. The summed E-state index contributed by atoms with van der Waals surface area (Å²) in [5.74, 6) is 0.720. The van der Waals surface area contributed by atoms with Crippen LogP contribution in [0.5, 0.6) is 0 Å². The average molecular weight is 248 g/mol. The molecule has 2 N–H and O–H groups in total. The van der Waals surface area contributed by atoms with E-state index in [1.807, 2.05) is 0 Å². The Hall–Kier alpha value is -0.860. The van der Waals surface area contributed by atoms with Gasteiger partial charge >= 0.3 is 0 Å². The zero-order valence-electron chi connectivity index (χ0n) is 12.3. The quantitative estimate of drug-likeness (QED) is 0.739. The minimum atomic E-state index is 0.508. The van der Waals surface area contributed by atoms with Crippen molar-refractivity contribution in [1.82, 2.24) is 10.6 Å². The van der Waals surface area contributed by atoms with Crippen LogP contribution in [0.1, 0.15) is 38.8 Å². The number of benzene rings is 1. The molecule has 0 radical (unpaired) electrons. The predicted octanol–water partition coefficient (Wildman–Crippen LogP) is 2.97. The van der Waals surface area contributed by atoms with Crippen LogP contribution in [0, 0.1) is 5.92 Å². The lowest BCUT2D eigenvalue weighted by molar-refractivity contribution is 0.471. The molecule has 0 aliphatic rings. The molecule has 1 aromatic carbocycles. The van der Waals surface area contributed by atoms with Crippen LogP contribution in [-0.4, -0.2) is 19.1 Å². The molecule has 1 unspecified atom stereocenters. The number of rotatable bonds is 8. The summed E-state index contributed by atoms with van der Waals surface area (Å²) >= 11 is 0. The maximum Gasteiger partial charge on any atom is 0.0211 e. The third-order valence-electron chi connectivity index (χ3n) is 3.14. The van der Waals surface area contributed by atoms with Crippen molar-refractivity contribution < 1.29 is 0 Å². The van der Waals surface area contributed by atoms with Crippen LogP contribution in [0.15, 0.2) is 24.3 Å². The smallest absolute Gasteiger partial charge is 0.0211 e. The Morgan fingerprint density at radius 2 is 1.67 bits per heavy atom. The van der Waals surface area contributed by atoms with Gasteiger partial charge in [0.15, 0.2) is 0 Å². The summed E-state index contributed by atoms with van der Waals surface area (Å²) in [6, 6.07) is 9.20. The molecule has 1 rings (SSSR count). The minimum absolute atomic E-state index is 0.508. The highest BCUT2D eigenvalue weighted by Crippen LogP contribution is 2.09. The normalized spacial score (nSPS) is 12.9. The summed E-state index contributed by atoms with van der Waals surface area (Å²) in [5, 5.41) is 7.07. The third-order valence-corrected chi connectivity index (χ3v) is 3.14. The lowest BCUT2D eigenvalue weighted by atomic mass is 10.1. The number of nitrogens with one attached hydrogen (secondary N) is 2. The van der Waals surface area contributed by atoms with Gasteiger partial charge in [-0.15, -0.1) is 0 Å². The van der Waals surface area contributed by atoms with Gasteiger partial charge in [0.05, 0.1) is 0 Å². The van der Waals surface area contributed by atoms with E-state index in [1.54, 1.807) is 0 Å². The first-order valence-corrected chi connectivity index (χ1v) is 7.14. The molecular weight excluding hydrogens is 220 g/mol. The molecule has 1 atom stereocenters. The van der Waals surface area contributed by atoms with E-state index in [0.717, 1.165) is 32.0 Å². The topological polar surface area (TPSA) is 24.1 Å². The first-order chi connectivity index (χ1) is 8.63. The average Bonchev–Trinajstić information content (AvgIpc) is 2.36. The Morgan fingerprint density at radius 1 is 1.00 bits per heavy atom. The maximum atomic E-state index is 3.58. The first-order valence-electron chi connectivity index (χ1n) is 7.14. The second-order valence-electron chi connectivity index (χ2n) is 5.46. The second-order valence-corrected chi connectivity index (χ2v) is 5.46. The van der Waals surface area contributed by atoms with E-state index in [2.05, 4.69) is 62.6 Å². The Bertz CT molecular complexity index is 334. The highest BCUT2D eigenvalue weighted by atomic mass is 15.0. The Balaban J connectivity index is 2.31. The molecule has 0 aliphatic heterocycles. The molecule has 0 spiro atoms. The molecule has 0 saturated carbocycles. The molecule has 2 heteroatoms. The summed E-state index contributed by atoms with van der Waals surface area (Å²) in [4.78, 5) is 0. The SMILES string of the molecule is CCc1ccccc1CNC(C)CNCC(C)C. The van der Waals surface area contributed by atoms with Crippen LogP contribution in [0.3, 0.4) is 0 Å². The summed E-state index contributed by atoms with van der Waals surface area (Å²) in [6.07, 6.45) is 1.11. The molecule has 0 heterocycles. The number of aryl methyl sites for hydroxylation is 1. The Kier molecular flexibility index (Phi) is 6.99. The molecule has 1 aromatic rings. The third kappa shape index (κ3) is 5.65. The van der Waals surface area contributed by atoms with Crippen molar-refractivity contribution in [3.8, 4) is 0 Å². The van der Waals surface area contributed by atoms with Gasteiger partial charge < -0.3 is 10.6 Å². The van der Waals surface area contributed by atoms with Crippen molar-refractivity contribution >= 4 is 0 Å². The van der Waals surface area contributed by atoms with Gasteiger partial charge in [0, 0.05) is 19.1 Å². The molecule has 102 valence electrons. The predicted molar refractivity (Wildman–Crippen MR) is 79.8 cm³/mol. The van der Waals surface area contributed by atoms with Crippen molar-refractivity contribution in [2.45, 2.75) is 46.7 Å². The van der Waals surface area contributed by atoms with Gasteiger partial charge in [-0.05, 0) is 36.9 Å². The summed E-state index contributed by atoms with van der Waals surface area (Å²) in [7, 11) is 0. The van der Waals surface area contributed by atoms with E-state index in [9.17, 15) is 0 Å². The molecule has 18 heavy (non-hydrogen) atoms. The minimum Gasteiger partial charge on any atom is -0.315 e. The van der Waals surface area contributed by atoms with Crippen LogP contribution in [-0.2, 0) is 13.0 Å². The van der Waals surface area contributed by atoms with Crippen molar-refractivity contribution in [1.29, 1.82) is 0 Å². The van der Waals surface area contributed by atoms with Crippen molar-refractivity contribution in [3.63, 3.8) is 0 Å². The monoisotopic (exact) mass is 248 g/mol. The number of hydrogen-bond donors (Lipinski definition) is 2. The lowest BCUT2D eigenvalue weighted by Crippen LogP contribution is -2.37. The summed E-state index contributed by atoms with van der Waals surface area (Å²) in [6.45, 7) is 12.0. The molecule has 0 amide bonds. The summed E-state index contributed by atoms with van der Waals surface area (Å²) in [5.41, 5.74) is 2.88. The summed E-state index contributed by atoms with van der Waals surface area (Å²) < 4.78 is 0. The number of hydrogen-bond acceptors (Lipinski definition) is 2. The van der Waals surface area contributed by atoms with Crippen LogP contribution < -0.4 is 10.6 Å². The van der Waals surface area contributed by atoms with Gasteiger partial charge in [0.2, 0.25) is 0 Å². The molecule has 0 aliphatic carbocycles. The lowest BCUT2D eigenvalue weighted by Gasteiger charge is -2.17. The molecular formula is C16H28N2. The van der Waals surface area contributed by atoms with Gasteiger partial charge in [0.1, 0.15) is 0 Å². The van der Waals surface area contributed by atoms with Crippen molar-refractivity contribution in [2.24, 2.45) is 5.92 Å². The molecule has 0 fully saturated rings. The molecule has 2 nitrogen and oxygen atoms in total. The fourth-order valence-electron chi connectivity index (χ4n) is 2.02. The molecule has 0 aromatic heterocycles. The largest absolute Gasteiger partial charge is 0.315 e. The van der Waals surface area contributed by atoms with Gasteiger partial charge in [0.25, 0.3) is 0 Å². The van der Waals surface area contributed by atoms with E-state index in [0.29, 0.717) is 6.04 Å². The van der Waals surface area contributed by atoms with Crippen molar-refractivity contribution in [3.05, 3.63) is 35.4 Å². The Labute approximate surface area is 112 Å². The molecule has 0 bridgehead atoms. The maximum absolute atomic E-state index is 3.58. The second kappa shape index (κ2) is 8.28. The van der Waals surface area contributed by atoms with E-state index >= 15 is 0 Å². The van der Waals surface area contributed by atoms with Crippen LogP contribution in [0.4, 0.5) is 0 Å². The van der Waals surface area contributed by atoms with E-state index in [-0.39, 0.29) is 0 Å². The van der Waals surface area contributed by atoms with Crippen LogP contribution >= 0.6 is 0 Å². The fraction of sp³-hybridized carbons (Fsp3) is 0.625. The van der Waals surface area contributed by atoms with Gasteiger partial charge in [-0.3, -0.25) is 0 Å². The van der Waals surface area contributed by atoms with Gasteiger partial charge in [-0.1, -0.05) is 45.0 Å². The van der Waals surface area contributed by atoms with E-state index < -0.39 is 0 Å². The molecule has 0 saturated heterocycles. The highest BCUT2D eigenvalue weighted by Gasteiger charge is 2.04. The van der Waals surface area contributed by atoms with E-state index in [4.69, 9.17) is 0 Å². The van der Waals surface area contributed by atoms with Crippen molar-refractivity contribution in [2.75, 3.05) is 13.1 Å². The zero-order valence-corrected chi connectivity index (χ0v) is 12.3. The van der Waals surface area contributed by atoms with Gasteiger partial charge in [-0.25, -0.2) is 0 Å².